The van der Waals surface area contributed by atoms with Gasteiger partial charge in [0.25, 0.3) is 0 Å². The molecule has 2 rings (SSSR count). The van der Waals surface area contributed by atoms with Crippen molar-refractivity contribution in [1.29, 1.82) is 0 Å². The monoisotopic (exact) mass is 278 g/mol. The maximum atomic E-state index is 8.99. The smallest absolute Gasteiger partial charge is 0.124 e. The highest BCUT2D eigenvalue weighted by Gasteiger charge is 2.17. The molecule has 0 amide bonds. The van der Waals surface area contributed by atoms with Crippen LogP contribution in [0, 0.1) is 0 Å². The summed E-state index contributed by atoms with van der Waals surface area (Å²) in [5, 5.41) is 3.33. The lowest BCUT2D eigenvalue weighted by molar-refractivity contribution is 0.0638. The van der Waals surface area contributed by atoms with Crippen molar-refractivity contribution in [3.05, 3.63) is 53.7 Å². The highest BCUT2D eigenvalue weighted by molar-refractivity contribution is 5.25. The van der Waals surface area contributed by atoms with Crippen molar-refractivity contribution in [3.8, 4) is 0 Å². The van der Waals surface area contributed by atoms with Crippen LogP contribution in [0.25, 0.3) is 0 Å². The minimum atomic E-state index is -3.57. The molecule has 1 aromatic heterocycles. The van der Waals surface area contributed by atoms with E-state index in [4.69, 9.17) is 30.8 Å². The number of likely N-dealkylation sites (N-methyl/N-ethyl adjacent to an activating group) is 1. The predicted octanol–water partition coefficient (Wildman–Crippen LogP) is 2.09. The fourth-order valence-electron chi connectivity index (χ4n) is 1.13. The molecule has 1 atom stereocenters. The molecule has 0 fully saturated rings. The van der Waals surface area contributed by atoms with Crippen molar-refractivity contribution in [2.24, 2.45) is 6.98 Å². The lowest BCUT2D eigenvalue weighted by Crippen LogP contribution is -2.20. The first-order valence-corrected chi connectivity index (χ1v) is 4.90. The van der Waals surface area contributed by atoms with Crippen molar-refractivity contribution >= 4 is 0 Å². The first kappa shape index (κ1) is 3.32. The molecule has 1 unspecified atom stereocenters. The van der Waals surface area contributed by atoms with E-state index in [9.17, 15) is 0 Å². The first-order chi connectivity index (χ1) is 16.8. The lowest BCUT2D eigenvalue weighted by Gasteiger charge is -2.20. The standard InChI is InChI=1S/C15H21N3O/c1-17(2)11-12-19-15(13-7-5-4-6-8-13)14-9-10-16-18(14)3/h4-10,15H,11-12H2,1-3H3/i1D3,2D3,3D3,4D,5D,6D,7D,8D,9D,10D,12D2,15D. The SMILES string of the molecule is [2H]c1nn(C([2H])([2H])[2H])c(C([2H])(OC([2H])([2H])CN(C([2H])([2H])[2H])C([2H])([2H])[2H])c2c([2H])c([2H])c([2H])c([2H])c2[2H])c1[2H]. The van der Waals surface area contributed by atoms with E-state index in [0.29, 0.717) is 0 Å². The van der Waals surface area contributed by atoms with E-state index in [1.165, 1.54) is 0 Å². The average Bonchev–Trinajstić information content (AvgIpc) is 3.03. The third kappa shape index (κ3) is 3.66. The van der Waals surface area contributed by atoms with Crippen LogP contribution in [0.3, 0.4) is 0 Å². The minimum Gasteiger partial charge on any atom is -0.366 e. The van der Waals surface area contributed by atoms with Crippen LogP contribution < -0.4 is 0 Å². The van der Waals surface area contributed by atoms with E-state index in [0.717, 1.165) is 0 Å². The summed E-state index contributed by atoms with van der Waals surface area (Å²) in [5.74, 6) is 0. The van der Waals surface area contributed by atoms with Gasteiger partial charge in [0.15, 0.2) is 0 Å². The summed E-state index contributed by atoms with van der Waals surface area (Å²) in [4.78, 5) is -0.277. The zero-order valence-corrected chi connectivity index (χ0v) is 9.46. The number of aryl methyl sites for hydroxylation is 1. The largest absolute Gasteiger partial charge is 0.366 e. The summed E-state index contributed by atoms with van der Waals surface area (Å²) in [6, 6.07) is -6.54. The van der Waals surface area contributed by atoms with Crippen molar-refractivity contribution in [2.45, 2.75) is 6.08 Å². The van der Waals surface area contributed by atoms with Crippen LogP contribution >= 0.6 is 0 Å². The normalized spacial score (nSPS) is 31.7. The fraction of sp³-hybridized carbons (Fsp3) is 0.400. The highest BCUT2D eigenvalue weighted by Crippen LogP contribution is 2.25. The Labute approximate surface area is 141 Å². The predicted molar refractivity (Wildman–Crippen MR) is 76.0 cm³/mol. The molecule has 0 saturated carbocycles. The summed E-state index contributed by atoms with van der Waals surface area (Å²) in [6.07, 6.45) is -4.62. The second kappa shape index (κ2) is 6.50. The topological polar surface area (TPSA) is 30.3 Å². The Balaban J connectivity index is 2.98. The summed E-state index contributed by atoms with van der Waals surface area (Å²) >= 11 is 0. The van der Waals surface area contributed by atoms with Gasteiger partial charge < -0.3 is 9.64 Å². The van der Waals surface area contributed by atoms with Gasteiger partial charge in [-0.05, 0) is 25.6 Å². The van der Waals surface area contributed by atoms with E-state index in [2.05, 4.69) is 5.10 Å². The van der Waals surface area contributed by atoms with Crippen LogP contribution in [-0.4, -0.2) is 41.7 Å². The van der Waals surface area contributed by atoms with Crippen LogP contribution in [0.1, 0.15) is 43.4 Å². The van der Waals surface area contributed by atoms with Crippen molar-refractivity contribution in [1.82, 2.24) is 14.7 Å². The van der Waals surface area contributed by atoms with Gasteiger partial charge in [-0.1, -0.05) is 30.2 Å². The molecule has 0 aliphatic heterocycles. The maximum absolute atomic E-state index is 8.99. The van der Waals surface area contributed by atoms with Gasteiger partial charge in [-0.15, -0.1) is 0 Å². The number of benzene rings is 1. The lowest BCUT2D eigenvalue weighted by atomic mass is 10.1. The molecule has 0 radical (unpaired) electrons. The number of hydrogen-bond donors (Lipinski definition) is 0. The Morgan fingerprint density at radius 1 is 1.47 bits per heavy atom. The molecule has 2 aromatic rings. The van der Waals surface area contributed by atoms with Gasteiger partial charge in [-0.3, -0.25) is 4.68 Å². The number of ether oxygens (including phenoxy) is 1. The third-order valence-corrected chi connectivity index (χ3v) is 1.88. The summed E-state index contributed by atoms with van der Waals surface area (Å²) in [5.41, 5.74) is -2.44. The van der Waals surface area contributed by atoms with E-state index in [-0.39, 0.29) is 9.58 Å². The Hall–Kier alpha value is -1.65. The van der Waals surface area contributed by atoms with Crippen LogP contribution in [0.2, 0.25) is 0 Å². The first-order valence-electron chi connectivity index (χ1n) is 14.4. The van der Waals surface area contributed by atoms with Crippen molar-refractivity contribution in [3.63, 3.8) is 0 Å². The van der Waals surface area contributed by atoms with Gasteiger partial charge in [-0.2, -0.15) is 5.10 Å². The molecule has 0 aliphatic rings. The number of aromatic nitrogens is 2. The minimum absolute atomic E-state index is 0.0627. The second-order valence-corrected chi connectivity index (χ2v) is 3.16. The average molecular weight is 278 g/mol. The molecule has 0 aliphatic carbocycles. The molecular weight excluding hydrogens is 238 g/mol. The second-order valence-electron chi connectivity index (χ2n) is 3.16. The maximum Gasteiger partial charge on any atom is 0.124 e. The van der Waals surface area contributed by atoms with Crippen LogP contribution in [0.15, 0.2) is 42.4 Å². The highest BCUT2D eigenvalue weighted by atomic mass is 16.5. The third-order valence-electron chi connectivity index (χ3n) is 1.88. The van der Waals surface area contributed by atoms with E-state index < -0.39 is 93.8 Å². The molecule has 0 bridgehead atoms. The molecule has 4 nitrogen and oxygen atoms in total. The fourth-order valence-corrected chi connectivity index (χ4v) is 1.13. The Bertz CT molecular complexity index is 1170. The van der Waals surface area contributed by atoms with Crippen molar-refractivity contribution < 1.29 is 30.8 Å². The Kier molecular flexibility index (Phi) is 1.14. The van der Waals surface area contributed by atoms with Gasteiger partial charge >= 0.3 is 0 Å². The van der Waals surface area contributed by atoms with Gasteiger partial charge in [-0.25, -0.2) is 0 Å². The van der Waals surface area contributed by atoms with E-state index in [1.807, 2.05) is 0 Å². The summed E-state index contributed by atoms with van der Waals surface area (Å²) < 4.78 is 154. The molecule has 0 N–H and O–H groups in total. The van der Waals surface area contributed by atoms with Gasteiger partial charge in [0.05, 0.1) is 26.0 Å². The zero-order valence-electron chi connectivity index (χ0n) is 28.5. The van der Waals surface area contributed by atoms with Gasteiger partial charge in [0.1, 0.15) is 6.08 Å². The Morgan fingerprint density at radius 2 is 2.32 bits per heavy atom. The van der Waals surface area contributed by atoms with Gasteiger partial charge in [0.2, 0.25) is 0 Å². The van der Waals surface area contributed by atoms with Crippen LogP contribution in [0.5, 0.6) is 0 Å². The van der Waals surface area contributed by atoms with Crippen LogP contribution in [-0.2, 0) is 11.7 Å². The summed E-state index contributed by atoms with van der Waals surface area (Å²) in [6.45, 7) is -15.4. The van der Waals surface area contributed by atoms with E-state index in [1.54, 1.807) is 0 Å². The number of hydrogen-bond acceptors (Lipinski definition) is 3. The number of rotatable bonds is 6. The number of nitrogens with zero attached hydrogens (tertiary/aromatic N) is 3. The summed E-state index contributed by atoms with van der Waals surface area (Å²) in [7, 11) is 0. The Morgan fingerprint density at radius 3 is 3.05 bits per heavy atom. The molecule has 102 valence electrons. The zero-order chi connectivity index (χ0) is 30.0. The molecule has 0 saturated heterocycles. The van der Waals surface area contributed by atoms with Crippen molar-refractivity contribution in [2.75, 3.05) is 27.1 Å². The molecule has 1 aromatic carbocycles. The molecule has 0 spiro atoms. The van der Waals surface area contributed by atoms with E-state index >= 15 is 0 Å². The molecule has 1 heterocycles. The van der Waals surface area contributed by atoms with Gasteiger partial charge in [0, 0.05) is 32.0 Å². The molecular formula is C15H21N3O. The molecule has 4 heteroatoms. The quantitative estimate of drug-likeness (QED) is 0.810. The molecule has 19 heavy (non-hydrogen) atoms. The van der Waals surface area contributed by atoms with Crippen LogP contribution in [0.4, 0.5) is 0 Å².